The number of rotatable bonds is 12. The van der Waals surface area contributed by atoms with Crippen molar-refractivity contribution in [3.8, 4) is 17.2 Å². The molecule has 1 amide bonds. The molecule has 42 heavy (non-hydrogen) atoms. The van der Waals surface area contributed by atoms with Crippen molar-refractivity contribution in [3.05, 3.63) is 77.9 Å². The number of sulfonamides is 1. The molecule has 0 bridgehead atoms. The fourth-order valence-electron chi connectivity index (χ4n) is 3.64. The van der Waals surface area contributed by atoms with Gasteiger partial charge < -0.3 is 18.9 Å². The molecule has 0 saturated heterocycles. The second-order valence-electron chi connectivity index (χ2n) is 10.1. The minimum atomic E-state index is -4.14. The fraction of sp³-hybridized carbons (Fsp3) is 0.300. The number of carbonyl (C=O) groups is 2. The molecule has 0 fully saturated rings. The quantitative estimate of drug-likeness (QED) is 0.188. The highest BCUT2D eigenvalue weighted by Gasteiger charge is 2.28. The summed E-state index contributed by atoms with van der Waals surface area (Å²) in [5, 5.41) is 3.95. The Hall–Kier alpha value is -4.58. The Bertz CT molecular complexity index is 1510. The van der Waals surface area contributed by atoms with Gasteiger partial charge in [0.1, 0.15) is 17.9 Å². The van der Waals surface area contributed by atoms with Crippen molar-refractivity contribution >= 4 is 33.8 Å². The first-order valence-corrected chi connectivity index (χ1v) is 14.3. The molecule has 0 aromatic heterocycles. The van der Waals surface area contributed by atoms with Gasteiger partial charge in [-0.1, -0.05) is 17.7 Å². The molecule has 0 aliphatic heterocycles. The number of nitrogens with one attached hydrogen (secondary N) is 1. The van der Waals surface area contributed by atoms with Gasteiger partial charge in [-0.3, -0.25) is 9.10 Å². The van der Waals surface area contributed by atoms with Crippen LogP contribution in [0.25, 0.3) is 0 Å². The lowest BCUT2D eigenvalue weighted by Crippen LogP contribution is -2.39. The summed E-state index contributed by atoms with van der Waals surface area (Å²) in [7, 11) is -1.24. The molecule has 0 heterocycles. The van der Waals surface area contributed by atoms with Crippen LogP contribution < -0.4 is 23.9 Å². The number of carbonyl (C=O) groups excluding carboxylic acids is 2. The third-order valence-electron chi connectivity index (χ3n) is 5.61. The zero-order valence-electron chi connectivity index (χ0n) is 24.4. The Kier molecular flexibility index (Phi) is 10.5. The van der Waals surface area contributed by atoms with E-state index >= 15 is 0 Å². The van der Waals surface area contributed by atoms with E-state index in [9.17, 15) is 18.0 Å². The predicted molar refractivity (Wildman–Crippen MR) is 159 cm³/mol. The number of aryl methyl sites for hydroxylation is 1. The predicted octanol–water partition coefficient (Wildman–Crippen LogP) is 4.08. The fourth-order valence-corrected chi connectivity index (χ4v) is 5.05. The van der Waals surface area contributed by atoms with Crippen LogP contribution in [0.15, 0.2) is 76.7 Å². The highest BCUT2D eigenvalue weighted by atomic mass is 32.2. The lowest BCUT2D eigenvalue weighted by atomic mass is 10.2. The minimum Gasteiger partial charge on any atom is -0.493 e. The maximum absolute atomic E-state index is 13.6. The van der Waals surface area contributed by atoms with Crippen LogP contribution in [0.3, 0.4) is 0 Å². The van der Waals surface area contributed by atoms with Crippen molar-refractivity contribution < 1.29 is 37.0 Å². The molecule has 3 aromatic carbocycles. The molecule has 1 N–H and O–H groups in total. The third-order valence-corrected chi connectivity index (χ3v) is 7.40. The molecule has 3 rings (SSSR count). The molecule has 0 atom stereocenters. The molecule has 0 aliphatic rings. The first-order chi connectivity index (χ1) is 19.8. The van der Waals surface area contributed by atoms with Gasteiger partial charge in [0.2, 0.25) is 0 Å². The van der Waals surface area contributed by atoms with Crippen LogP contribution in [0.2, 0.25) is 0 Å². The van der Waals surface area contributed by atoms with Crippen molar-refractivity contribution in [2.45, 2.75) is 38.2 Å². The number of hydrazone groups is 1. The molecule has 0 aliphatic carbocycles. The van der Waals surface area contributed by atoms with Crippen molar-refractivity contribution in [1.82, 2.24) is 5.43 Å². The van der Waals surface area contributed by atoms with E-state index in [1.54, 1.807) is 63.2 Å². The number of ether oxygens (including phenoxy) is 4. The number of hydrogen-bond acceptors (Lipinski definition) is 9. The van der Waals surface area contributed by atoms with Gasteiger partial charge in [-0.15, -0.1) is 0 Å². The molecular formula is C30H35N3O8S. The second kappa shape index (κ2) is 13.9. The lowest BCUT2D eigenvalue weighted by molar-refractivity contribution is -0.157. The number of methoxy groups -OCH3 is 2. The topological polar surface area (TPSA) is 133 Å². The molecule has 11 nitrogen and oxygen atoms in total. The highest BCUT2D eigenvalue weighted by Crippen LogP contribution is 2.33. The van der Waals surface area contributed by atoms with Crippen LogP contribution in [0.4, 0.5) is 5.69 Å². The summed E-state index contributed by atoms with van der Waals surface area (Å²) < 4.78 is 49.4. The van der Waals surface area contributed by atoms with Gasteiger partial charge in [0.15, 0.2) is 18.1 Å². The van der Waals surface area contributed by atoms with Crippen LogP contribution in [0.5, 0.6) is 17.2 Å². The zero-order chi connectivity index (χ0) is 30.9. The molecule has 0 saturated carbocycles. The van der Waals surface area contributed by atoms with E-state index in [1.807, 2.05) is 6.92 Å². The number of amides is 1. The summed E-state index contributed by atoms with van der Waals surface area (Å²) in [4.78, 5) is 24.7. The van der Waals surface area contributed by atoms with Crippen LogP contribution >= 0.6 is 0 Å². The Labute approximate surface area is 246 Å². The van der Waals surface area contributed by atoms with E-state index in [4.69, 9.17) is 18.9 Å². The number of benzene rings is 3. The molecular weight excluding hydrogens is 562 g/mol. The van der Waals surface area contributed by atoms with E-state index in [0.29, 0.717) is 22.8 Å². The number of nitrogens with zero attached hydrogens (tertiary/aromatic N) is 2. The van der Waals surface area contributed by atoms with E-state index < -0.39 is 34.0 Å². The van der Waals surface area contributed by atoms with Gasteiger partial charge in [-0.25, -0.2) is 18.6 Å². The zero-order valence-corrected chi connectivity index (χ0v) is 25.2. The maximum atomic E-state index is 13.6. The Morgan fingerprint density at radius 2 is 1.57 bits per heavy atom. The highest BCUT2D eigenvalue weighted by molar-refractivity contribution is 7.92. The number of anilines is 1. The summed E-state index contributed by atoms with van der Waals surface area (Å²) in [5.41, 5.74) is 3.49. The second-order valence-corrected chi connectivity index (χ2v) is 12.0. The summed E-state index contributed by atoms with van der Waals surface area (Å²) in [5.74, 6) is 0.00521. The van der Waals surface area contributed by atoms with Gasteiger partial charge in [0, 0.05) is 6.07 Å². The summed E-state index contributed by atoms with van der Waals surface area (Å²) in [6, 6.07) is 17.5. The van der Waals surface area contributed by atoms with Crippen LogP contribution in [-0.4, -0.2) is 59.5 Å². The number of hydrogen-bond donors (Lipinski definition) is 1. The first kappa shape index (κ1) is 31.9. The number of esters is 1. The lowest BCUT2D eigenvalue weighted by Gasteiger charge is -2.24. The van der Waals surface area contributed by atoms with E-state index in [-0.39, 0.29) is 17.2 Å². The molecule has 3 aromatic rings. The van der Waals surface area contributed by atoms with Crippen LogP contribution in [0, 0.1) is 6.92 Å². The van der Waals surface area contributed by atoms with Gasteiger partial charge >= 0.3 is 5.97 Å². The smallest absolute Gasteiger partial charge is 0.344 e. The van der Waals surface area contributed by atoms with Gasteiger partial charge in [-0.2, -0.15) is 5.10 Å². The van der Waals surface area contributed by atoms with E-state index in [1.165, 1.54) is 44.7 Å². The molecule has 0 unspecified atom stereocenters. The van der Waals surface area contributed by atoms with Gasteiger partial charge in [0.25, 0.3) is 15.9 Å². The average molecular weight is 598 g/mol. The third kappa shape index (κ3) is 8.96. The average Bonchev–Trinajstić information content (AvgIpc) is 2.94. The summed E-state index contributed by atoms with van der Waals surface area (Å²) >= 11 is 0. The molecule has 0 radical (unpaired) electrons. The minimum absolute atomic E-state index is 0.0214. The Morgan fingerprint density at radius 1 is 0.929 bits per heavy atom. The summed E-state index contributed by atoms with van der Waals surface area (Å²) in [6.45, 7) is 6.37. The summed E-state index contributed by atoms with van der Waals surface area (Å²) in [6.07, 6.45) is 1.39. The standard InChI is InChI=1S/C30H35N3O8S/c1-21-7-14-25(15-8-21)42(36,37)33(23-11-16-26(38-5)27(17-23)39-6)19-28(34)32-31-18-22-9-12-24(13-10-22)40-20-29(35)41-30(2,3)4/h7-18H,19-20H2,1-6H3,(H,32,34)/b31-18-. The van der Waals surface area contributed by atoms with Crippen molar-refractivity contribution in [3.63, 3.8) is 0 Å². The van der Waals surface area contributed by atoms with Crippen molar-refractivity contribution in [1.29, 1.82) is 0 Å². The van der Waals surface area contributed by atoms with Crippen LogP contribution in [-0.2, 0) is 24.3 Å². The van der Waals surface area contributed by atoms with Gasteiger partial charge in [0.05, 0.1) is 31.0 Å². The van der Waals surface area contributed by atoms with Gasteiger partial charge in [-0.05, 0) is 81.8 Å². The van der Waals surface area contributed by atoms with Crippen molar-refractivity contribution in [2.24, 2.45) is 5.10 Å². The largest absolute Gasteiger partial charge is 0.493 e. The molecule has 224 valence electrons. The van der Waals surface area contributed by atoms with Crippen LogP contribution in [0.1, 0.15) is 31.9 Å². The Morgan fingerprint density at radius 3 is 2.17 bits per heavy atom. The monoisotopic (exact) mass is 597 g/mol. The molecule has 0 spiro atoms. The maximum Gasteiger partial charge on any atom is 0.344 e. The Balaban J connectivity index is 1.72. The van der Waals surface area contributed by atoms with E-state index in [2.05, 4.69) is 10.5 Å². The van der Waals surface area contributed by atoms with E-state index in [0.717, 1.165) is 9.87 Å². The molecule has 12 heteroatoms. The first-order valence-electron chi connectivity index (χ1n) is 12.9. The normalized spacial score (nSPS) is 11.6. The SMILES string of the molecule is COc1ccc(N(CC(=O)N/N=C\c2ccc(OCC(=O)OC(C)(C)C)cc2)S(=O)(=O)c2ccc(C)cc2)cc1OC. The van der Waals surface area contributed by atoms with Crippen molar-refractivity contribution in [2.75, 3.05) is 31.7 Å².